The lowest BCUT2D eigenvalue weighted by atomic mass is 9.62. The van der Waals surface area contributed by atoms with E-state index in [1.54, 1.807) is 44.2 Å². The number of nitrogens with zero attached hydrogens (tertiary/aromatic N) is 1. The number of aliphatic hydroxyl groups excluding tert-OH is 2. The van der Waals surface area contributed by atoms with Crippen molar-refractivity contribution in [1.82, 2.24) is 15.7 Å². The Labute approximate surface area is 339 Å². The number of ether oxygens (including phenoxy) is 5. The molecule has 0 spiro atoms. The Morgan fingerprint density at radius 3 is 2.38 bits per heavy atom. The number of cyclic esters (lactones) is 1. The summed E-state index contributed by atoms with van der Waals surface area (Å²) >= 11 is 0. The molecular formula is C42H59N3O13. The summed E-state index contributed by atoms with van der Waals surface area (Å²) in [5.74, 6) is -4.36. The van der Waals surface area contributed by atoms with Crippen LogP contribution in [0.4, 0.5) is 0 Å². The fourth-order valence-corrected chi connectivity index (χ4v) is 8.90. The van der Waals surface area contributed by atoms with Gasteiger partial charge in [-0.3, -0.25) is 19.2 Å². The normalized spacial score (nSPS) is 30.3. The van der Waals surface area contributed by atoms with Gasteiger partial charge in [0.15, 0.2) is 11.8 Å². The largest absolute Gasteiger partial charge is 0.462 e. The SMILES string of the molecule is CCCCCC1(CCCCC)OC2C3CC4(C(=O)NC(C(=O)NCCO)C(C)O)C(ON(Cc5cccc(C=CC(=O)OC6C(=O)OCC6(C)C)c5)C4C(=O)O3)C2O1. The molecule has 5 aliphatic rings. The van der Waals surface area contributed by atoms with Gasteiger partial charge in [-0.25, -0.2) is 9.59 Å². The van der Waals surface area contributed by atoms with Gasteiger partial charge in [0.2, 0.25) is 17.9 Å². The molecule has 1 saturated carbocycles. The van der Waals surface area contributed by atoms with Crippen molar-refractivity contribution in [3.05, 3.63) is 41.5 Å². The molecule has 0 aromatic heterocycles. The summed E-state index contributed by atoms with van der Waals surface area (Å²) in [4.78, 5) is 73.8. The molecule has 2 amide bonds. The lowest BCUT2D eigenvalue weighted by molar-refractivity contribution is -0.224. The van der Waals surface area contributed by atoms with Gasteiger partial charge in [0.05, 0.1) is 19.3 Å². The van der Waals surface area contributed by atoms with Gasteiger partial charge in [-0.1, -0.05) is 77.6 Å². The van der Waals surface area contributed by atoms with Crippen LogP contribution in [0.2, 0.25) is 0 Å². The summed E-state index contributed by atoms with van der Waals surface area (Å²) in [6, 6.07) is 4.45. The van der Waals surface area contributed by atoms with Gasteiger partial charge in [0.25, 0.3) is 0 Å². The number of nitrogens with one attached hydrogen (secondary N) is 2. The molecule has 2 bridgehead atoms. The van der Waals surface area contributed by atoms with Gasteiger partial charge in [-0.15, -0.1) is 0 Å². The Hall–Kier alpha value is -3.93. The maximum Gasteiger partial charge on any atom is 0.348 e. The number of carbonyl (C=O) groups excluding carboxylic acids is 5. The van der Waals surface area contributed by atoms with E-state index in [0.717, 1.165) is 38.5 Å². The van der Waals surface area contributed by atoms with Crippen LogP contribution in [0.5, 0.6) is 0 Å². The van der Waals surface area contributed by atoms with E-state index < -0.39 is 95.0 Å². The molecule has 320 valence electrons. The van der Waals surface area contributed by atoms with Gasteiger partial charge >= 0.3 is 17.9 Å². The van der Waals surface area contributed by atoms with Gasteiger partial charge < -0.3 is 44.5 Å². The first-order chi connectivity index (χ1) is 27.7. The molecule has 4 aliphatic heterocycles. The molecule has 16 nitrogen and oxygen atoms in total. The van der Waals surface area contributed by atoms with Crippen molar-refractivity contribution in [3.63, 3.8) is 0 Å². The maximum atomic E-state index is 14.8. The van der Waals surface area contributed by atoms with Crippen LogP contribution in [0.25, 0.3) is 6.08 Å². The zero-order valence-corrected chi connectivity index (χ0v) is 34.1. The van der Waals surface area contributed by atoms with Crippen molar-refractivity contribution >= 4 is 35.8 Å². The number of benzene rings is 1. The monoisotopic (exact) mass is 813 g/mol. The Kier molecular flexibility index (Phi) is 13.6. The first-order valence-corrected chi connectivity index (χ1v) is 20.7. The fourth-order valence-electron chi connectivity index (χ4n) is 8.90. The number of hydrogen-bond acceptors (Lipinski definition) is 14. The third-order valence-corrected chi connectivity index (χ3v) is 11.9. The summed E-state index contributed by atoms with van der Waals surface area (Å²) in [5, 5.41) is 26.6. The number of carbonyl (C=O) groups is 5. The van der Waals surface area contributed by atoms with Crippen LogP contribution in [0.1, 0.15) is 104 Å². The van der Waals surface area contributed by atoms with E-state index in [2.05, 4.69) is 24.5 Å². The second kappa shape index (κ2) is 18.1. The second-order valence-corrected chi connectivity index (χ2v) is 16.9. The van der Waals surface area contributed by atoms with Gasteiger partial charge in [0.1, 0.15) is 42.5 Å². The van der Waals surface area contributed by atoms with Gasteiger partial charge in [0, 0.05) is 37.3 Å². The molecule has 6 rings (SSSR count). The maximum absolute atomic E-state index is 14.8. The van der Waals surface area contributed by atoms with Gasteiger partial charge in [-0.2, -0.15) is 5.06 Å². The van der Waals surface area contributed by atoms with Gasteiger partial charge in [-0.05, 0) is 37.0 Å². The molecule has 58 heavy (non-hydrogen) atoms. The molecule has 5 fully saturated rings. The molecule has 4 saturated heterocycles. The summed E-state index contributed by atoms with van der Waals surface area (Å²) in [6.45, 7) is 8.89. The van der Waals surface area contributed by atoms with Crippen molar-refractivity contribution < 1.29 is 62.7 Å². The average molecular weight is 814 g/mol. The van der Waals surface area contributed by atoms with Crippen LogP contribution in [0.15, 0.2) is 30.3 Å². The van der Waals surface area contributed by atoms with Crippen LogP contribution >= 0.6 is 0 Å². The molecule has 4 heterocycles. The summed E-state index contributed by atoms with van der Waals surface area (Å²) in [6.07, 6.45) is 3.88. The molecule has 16 heteroatoms. The molecule has 4 N–H and O–H groups in total. The second-order valence-electron chi connectivity index (χ2n) is 16.9. The minimum absolute atomic E-state index is 0.0113. The van der Waals surface area contributed by atoms with Crippen LogP contribution in [0, 0.1) is 10.8 Å². The highest BCUT2D eigenvalue weighted by Crippen LogP contribution is 2.58. The van der Waals surface area contributed by atoms with E-state index in [0.29, 0.717) is 24.0 Å². The number of hydrogen-bond donors (Lipinski definition) is 4. The highest BCUT2D eigenvalue weighted by Gasteiger charge is 2.76. The van der Waals surface area contributed by atoms with E-state index in [4.69, 9.17) is 28.5 Å². The number of amides is 2. The molecule has 9 atom stereocenters. The smallest absolute Gasteiger partial charge is 0.348 e. The van der Waals surface area contributed by atoms with E-state index in [1.165, 1.54) is 18.1 Å². The third-order valence-electron chi connectivity index (χ3n) is 11.9. The lowest BCUT2D eigenvalue weighted by Gasteiger charge is -2.49. The quantitative estimate of drug-likeness (QED) is 0.0686. The summed E-state index contributed by atoms with van der Waals surface area (Å²) in [7, 11) is 0. The van der Waals surface area contributed by atoms with Crippen molar-refractivity contribution in [2.45, 2.75) is 153 Å². The molecule has 0 radical (unpaired) electrons. The zero-order chi connectivity index (χ0) is 41.8. The predicted octanol–water partition coefficient (Wildman–Crippen LogP) is 2.61. The number of aliphatic hydroxyl groups is 2. The van der Waals surface area contributed by atoms with E-state index >= 15 is 0 Å². The Morgan fingerprint density at radius 1 is 1.03 bits per heavy atom. The van der Waals surface area contributed by atoms with E-state index in [1.807, 2.05) is 0 Å². The highest BCUT2D eigenvalue weighted by atomic mass is 16.8. The average Bonchev–Trinajstić information content (AvgIpc) is 3.82. The Morgan fingerprint density at radius 2 is 1.74 bits per heavy atom. The van der Waals surface area contributed by atoms with E-state index in [-0.39, 0.29) is 32.7 Å². The third kappa shape index (κ3) is 8.82. The molecule has 1 aromatic rings. The van der Waals surface area contributed by atoms with Crippen LogP contribution in [0.3, 0.4) is 0 Å². The topological polar surface area (TPSA) is 208 Å². The Bertz CT molecular complexity index is 1710. The number of hydroxylamine groups is 2. The van der Waals surface area contributed by atoms with E-state index in [9.17, 15) is 34.2 Å². The van der Waals surface area contributed by atoms with Crippen LogP contribution in [-0.4, -0.2) is 119 Å². The first-order valence-electron chi connectivity index (χ1n) is 20.7. The van der Waals surface area contributed by atoms with Crippen molar-refractivity contribution in [3.8, 4) is 0 Å². The molecule has 1 aliphatic carbocycles. The predicted molar refractivity (Wildman–Crippen MR) is 206 cm³/mol. The highest BCUT2D eigenvalue weighted by molar-refractivity contribution is 5.96. The standard InChI is InChI=1S/C42H59N3O13/c1-6-8-10-17-41(18-11-9-7-2)56-31-28-22-42(39(52)44-30(25(3)47)36(49)43-19-20-46)33(37(50)54-28)45(58-34(42)32(31)57-41)23-27-14-12-13-26(21-27)15-16-29(48)55-35-38(51)53-24-40(35,4)5/h12-16,21,25,28,30-35,46-47H,6-11,17-20,22-24H2,1-5H3,(H,43,49)(H,44,52). The van der Waals surface area contributed by atoms with Crippen LogP contribution < -0.4 is 10.6 Å². The zero-order valence-electron chi connectivity index (χ0n) is 34.1. The van der Waals surface area contributed by atoms with Crippen molar-refractivity contribution in [1.29, 1.82) is 0 Å². The number of rotatable bonds is 19. The number of esters is 3. The molecular weight excluding hydrogens is 754 g/mol. The lowest BCUT2D eigenvalue weighted by Crippen LogP contribution is -2.71. The summed E-state index contributed by atoms with van der Waals surface area (Å²) < 4.78 is 30.3. The first kappa shape index (κ1) is 43.6. The summed E-state index contributed by atoms with van der Waals surface area (Å²) in [5.41, 5.74) is -0.997. The Balaban J connectivity index is 1.30. The minimum atomic E-state index is -1.62. The fraction of sp³-hybridized carbons (Fsp3) is 0.690. The van der Waals surface area contributed by atoms with Crippen LogP contribution in [-0.2, 0) is 59.0 Å². The van der Waals surface area contributed by atoms with Crippen molar-refractivity contribution in [2.75, 3.05) is 19.8 Å². The minimum Gasteiger partial charge on any atom is -0.462 e. The van der Waals surface area contributed by atoms with Crippen molar-refractivity contribution in [2.24, 2.45) is 10.8 Å². The number of unbranched alkanes of at least 4 members (excludes halogenated alkanes) is 4. The molecule has 1 aromatic carbocycles. The molecule has 9 unspecified atom stereocenters. The number of fused-ring (bicyclic) bond motifs is 4.